The Hall–Kier alpha value is -1.20. The number of aliphatic hydroxyl groups is 1. The van der Waals surface area contributed by atoms with Crippen LogP contribution in [0.4, 0.5) is 8.78 Å². The van der Waals surface area contributed by atoms with Gasteiger partial charge in [0.05, 0.1) is 13.2 Å². The maximum absolute atomic E-state index is 13.5. The third-order valence-electron chi connectivity index (χ3n) is 2.99. The van der Waals surface area contributed by atoms with Crippen molar-refractivity contribution in [2.24, 2.45) is 0 Å². The predicted octanol–water partition coefficient (Wildman–Crippen LogP) is 2.18. The van der Waals surface area contributed by atoms with Crippen molar-refractivity contribution in [3.63, 3.8) is 0 Å². The minimum atomic E-state index is -1.03. The number of aliphatic hydroxyl groups excluding tert-OH is 1. The van der Waals surface area contributed by atoms with E-state index in [-0.39, 0.29) is 11.9 Å². The Labute approximate surface area is 98.0 Å². The summed E-state index contributed by atoms with van der Waals surface area (Å²) >= 11 is 0. The van der Waals surface area contributed by atoms with Crippen LogP contribution in [0.5, 0.6) is 5.75 Å². The third-order valence-corrected chi connectivity index (χ3v) is 2.99. The Morgan fingerprint density at radius 3 is 2.65 bits per heavy atom. The maximum Gasteiger partial charge on any atom is 0.200 e. The Morgan fingerprint density at radius 1 is 1.41 bits per heavy atom. The van der Waals surface area contributed by atoms with Gasteiger partial charge in [0.25, 0.3) is 0 Å². The van der Waals surface area contributed by atoms with Gasteiger partial charge >= 0.3 is 0 Å². The lowest BCUT2D eigenvalue weighted by Gasteiger charge is -2.17. The van der Waals surface area contributed by atoms with Gasteiger partial charge in [-0.25, -0.2) is 4.39 Å². The van der Waals surface area contributed by atoms with Crippen molar-refractivity contribution in [3.8, 4) is 5.75 Å². The number of halogens is 2. The first-order chi connectivity index (χ1) is 8.04. The standard InChI is InChI=1S/C12H14F2O3/c1-6-5-8(12(15)17-6)7-3-4-9(13)10(14)11(7)16-2/h3-4,6,8,12,15H,5H2,1-2H3. The lowest BCUT2D eigenvalue weighted by molar-refractivity contribution is -0.0921. The maximum atomic E-state index is 13.5. The summed E-state index contributed by atoms with van der Waals surface area (Å²) in [6, 6.07) is 2.45. The zero-order valence-corrected chi connectivity index (χ0v) is 9.61. The monoisotopic (exact) mass is 244 g/mol. The van der Waals surface area contributed by atoms with E-state index in [2.05, 4.69) is 0 Å². The minimum Gasteiger partial charge on any atom is -0.493 e. The van der Waals surface area contributed by atoms with E-state index in [0.717, 1.165) is 6.07 Å². The lowest BCUT2D eigenvalue weighted by Crippen LogP contribution is -2.14. The van der Waals surface area contributed by atoms with Crippen LogP contribution < -0.4 is 4.74 Å². The fourth-order valence-corrected chi connectivity index (χ4v) is 2.19. The van der Waals surface area contributed by atoms with Crippen LogP contribution in [-0.4, -0.2) is 24.6 Å². The van der Waals surface area contributed by atoms with Crippen LogP contribution in [-0.2, 0) is 4.74 Å². The topological polar surface area (TPSA) is 38.7 Å². The molecule has 1 aromatic carbocycles. The minimum absolute atomic E-state index is 0.118. The van der Waals surface area contributed by atoms with Crippen LogP contribution in [0.1, 0.15) is 24.8 Å². The Kier molecular flexibility index (Phi) is 3.31. The van der Waals surface area contributed by atoms with Gasteiger partial charge in [-0.2, -0.15) is 4.39 Å². The first kappa shape index (κ1) is 12.3. The molecule has 0 saturated carbocycles. The molecule has 1 heterocycles. The van der Waals surface area contributed by atoms with Crippen LogP contribution in [0, 0.1) is 11.6 Å². The smallest absolute Gasteiger partial charge is 0.200 e. The quantitative estimate of drug-likeness (QED) is 0.866. The molecule has 1 fully saturated rings. The second-order valence-electron chi connectivity index (χ2n) is 4.16. The van der Waals surface area contributed by atoms with E-state index in [1.165, 1.54) is 13.2 Å². The second-order valence-corrected chi connectivity index (χ2v) is 4.16. The summed E-state index contributed by atoms with van der Waals surface area (Å²) in [5, 5.41) is 9.70. The number of rotatable bonds is 2. The number of hydrogen-bond donors (Lipinski definition) is 1. The molecule has 5 heteroatoms. The van der Waals surface area contributed by atoms with Crippen LogP contribution in [0.15, 0.2) is 12.1 Å². The van der Waals surface area contributed by atoms with E-state index in [1.807, 2.05) is 6.92 Å². The Bertz CT molecular complexity index is 422. The molecule has 1 aliphatic rings. The summed E-state index contributed by atoms with van der Waals surface area (Å²) in [6.07, 6.45) is -0.584. The summed E-state index contributed by atoms with van der Waals surface area (Å²) in [5.41, 5.74) is 0.434. The molecule has 1 saturated heterocycles. The molecule has 0 aliphatic carbocycles. The average molecular weight is 244 g/mol. The fraction of sp³-hybridized carbons (Fsp3) is 0.500. The molecule has 1 N–H and O–H groups in total. The van der Waals surface area contributed by atoms with E-state index >= 15 is 0 Å². The molecular formula is C12H14F2O3. The molecule has 3 atom stereocenters. The molecule has 3 unspecified atom stereocenters. The van der Waals surface area contributed by atoms with Gasteiger partial charge in [-0.3, -0.25) is 0 Å². The summed E-state index contributed by atoms with van der Waals surface area (Å²) in [4.78, 5) is 0. The molecule has 0 amide bonds. The van der Waals surface area contributed by atoms with Crippen molar-refractivity contribution in [1.82, 2.24) is 0 Å². The lowest BCUT2D eigenvalue weighted by atomic mass is 9.94. The third kappa shape index (κ3) is 2.12. The zero-order valence-electron chi connectivity index (χ0n) is 9.61. The van der Waals surface area contributed by atoms with Crippen molar-refractivity contribution in [2.45, 2.75) is 31.7 Å². The van der Waals surface area contributed by atoms with Gasteiger partial charge in [-0.1, -0.05) is 6.07 Å². The highest BCUT2D eigenvalue weighted by molar-refractivity contribution is 5.39. The van der Waals surface area contributed by atoms with Crippen molar-refractivity contribution >= 4 is 0 Å². The first-order valence-electron chi connectivity index (χ1n) is 5.40. The molecule has 0 radical (unpaired) electrons. The van der Waals surface area contributed by atoms with Crippen molar-refractivity contribution in [1.29, 1.82) is 0 Å². The average Bonchev–Trinajstić information content (AvgIpc) is 2.61. The van der Waals surface area contributed by atoms with Crippen LogP contribution in [0.2, 0.25) is 0 Å². The second kappa shape index (κ2) is 4.58. The van der Waals surface area contributed by atoms with Crippen molar-refractivity contribution in [2.75, 3.05) is 7.11 Å². The van der Waals surface area contributed by atoms with Gasteiger partial charge < -0.3 is 14.6 Å². The SMILES string of the molecule is COc1c(C2CC(C)OC2O)ccc(F)c1F. The largest absolute Gasteiger partial charge is 0.493 e. The van der Waals surface area contributed by atoms with Gasteiger partial charge in [0.2, 0.25) is 5.82 Å². The van der Waals surface area contributed by atoms with Gasteiger partial charge in [0.15, 0.2) is 17.9 Å². The molecule has 94 valence electrons. The summed E-state index contributed by atoms with van der Waals surface area (Å²) in [5.74, 6) is -2.55. The highest BCUT2D eigenvalue weighted by atomic mass is 19.2. The molecule has 2 rings (SSSR count). The van der Waals surface area contributed by atoms with Crippen molar-refractivity contribution in [3.05, 3.63) is 29.3 Å². The van der Waals surface area contributed by atoms with Gasteiger partial charge in [0.1, 0.15) is 0 Å². The van der Waals surface area contributed by atoms with Gasteiger partial charge in [-0.05, 0) is 19.4 Å². The highest BCUT2D eigenvalue weighted by Crippen LogP contribution is 2.39. The summed E-state index contributed by atoms with van der Waals surface area (Å²) in [6.45, 7) is 1.82. The number of benzene rings is 1. The van der Waals surface area contributed by atoms with E-state index in [4.69, 9.17) is 9.47 Å². The Morgan fingerprint density at radius 2 is 2.12 bits per heavy atom. The number of ether oxygens (including phenoxy) is 2. The van der Waals surface area contributed by atoms with E-state index in [9.17, 15) is 13.9 Å². The first-order valence-corrected chi connectivity index (χ1v) is 5.40. The van der Waals surface area contributed by atoms with Gasteiger partial charge in [0, 0.05) is 11.5 Å². The molecular weight excluding hydrogens is 230 g/mol. The normalized spacial score (nSPS) is 28.4. The van der Waals surface area contributed by atoms with Crippen LogP contribution in [0.3, 0.4) is 0 Å². The molecule has 0 spiro atoms. The molecule has 3 nitrogen and oxygen atoms in total. The molecule has 0 bridgehead atoms. The fourth-order valence-electron chi connectivity index (χ4n) is 2.19. The molecule has 1 aromatic rings. The Balaban J connectivity index is 2.42. The van der Waals surface area contributed by atoms with Crippen LogP contribution in [0.25, 0.3) is 0 Å². The summed E-state index contributed by atoms with van der Waals surface area (Å²) < 4.78 is 36.6. The summed E-state index contributed by atoms with van der Waals surface area (Å²) in [7, 11) is 1.27. The number of methoxy groups -OCH3 is 1. The van der Waals surface area contributed by atoms with E-state index in [1.54, 1.807) is 0 Å². The molecule has 1 aliphatic heterocycles. The highest BCUT2D eigenvalue weighted by Gasteiger charge is 2.35. The zero-order chi connectivity index (χ0) is 12.6. The van der Waals surface area contributed by atoms with Gasteiger partial charge in [-0.15, -0.1) is 0 Å². The molecule has 0 aromatic heterocycles. The van der Waals surface area contributed by atoms with Crippen LogP contribution >= 0.6 is 0 Å². The molecule has 17 heavy (non-hydrogen) atoms. The van der Waals surface area contributed by atoms with Crippen molar-refractivity contribution < 1.29 is 23.4 Å². The predicted molar refractivity (Wildman–Crippen MR) is 56.8 cm³/mol. The number of hydrogen-bond acceptors (Lipinski definition) is 3. The van der Waals surface area contributed by atoms with E-state index in [0.29, 0.717) is 12.0 Å². The van der Waals surface area contributed by atoms with E-state index < -0.39 is 23.8 Å².